The number of aromatic nitrogens is 2. The lowest BCUT2D eigenvalue weighted by Crippen LogP contribution is -2.22. The van der Waals surface area contributed by atoms with Gasteiger partial charge < -0.3 is 14.5 Å². The lowest BCUT2D eigenvalue weighted by atomic mass is 9.95. The molecular formula is C19H22N2O5S. The Morgan fingerprint density at radius 3 is 2.85 bits per heavy atom. The third kappa shape index (κ3) is 3.95. The van der Waals surface area contributed by atoms with Gasteiger partial charge in [0.15, 0.2) is 11.9 Å². The summed E-state index contributed by atoms with van der Waals surface area (Å²) in [4.78, 5) is 44.8. The van der Waals surface area contributed by atoms with Crippen molar-refractivity contribution in [3.8, 4) is 0 Å². The van der Waals surface area contributed by atoms with E-state index >= 15 is 0 Å². The summed E-state index contributed by atoms with van der Waals surface area (Å²) >= 11 is 1.11. The van der Waals surface area contributed by atoms with Gasteiger partial charge in [-0.05, 0) is 45.6 Å². The van der Waals surface area contributed by atoms with E-state index in [1.807, 2.05) is 6.08 Å². The lowest BCUT2D eigenvalue weighted by molar-refractivity contribution is -0.154. The third-order valence-electron chi connectivity index (χ3n) is 4.56. The average molecular weight is 390 g/mol. The largest absolute Gasteiger partial charge is 0.462 e. The average Bonchev–Trinajstić information content (AvgIpc) is 2.99. The molecule has 8 heteroatoms. The van der Waals surface area contributed by atoms with Crippen molar-refractivity contribution < 1.29 is 19.1 Å². The van der Waals surface area contributed by atoms with Gasteiger partial charge in [-0.2, -0.15) is 0 Å². The standard InChI is InChI=1S/C19H22N2O5S/c1-4-25-19(24)14-10(2)13-16(22)20-15(21-17(13)27-14)11(3)26-18(23)12-8-6-5-7-9-12/h5-6,11-12H,4,7-9H2,1-3H3,(H,20,21,22). The summed E-state index contributed by atoms with van der Waals surface area (Å²) in [6.45, 7) is 5.35. The van der Waals surface area contributed by atoms with Gasteiger partial charge in [-0.25, -0.2) is 9.78 Å². The highest BCUT2D eigenvalue weighted by Gasteiger charge is 2.25. The zero-order chi connectivity index (χ0) is 19.6. The molecule has 7 nitrogen and oxygen atoms in total. The molecule has 0 spiro atoms. The van der Waals surface area contributed by atoms with Crippen molar-refractivity contribution in [1.82, 2.24) is 9.97 Å². The van der Waals surface area contributed by atoms with E-state index in [0.717, 1.165) is 24.2 Å². The van der Waals surface area contributed by atoms with E-state index in [1.54, 1.807) is 20.8 Å². The number of carbonyl (C=O) groups is 2. The predicted octanol–water partition coefficient (Wildman–Crippen LogP) is 3.43. The van der Waals surface area contributed by atoms with Gasteiger partial charge in [-0.1, -0.05) is 12.2 Å². The maximum Gasteiger partial charge on any atom is 0.348 e. The van der Waals surface area contributed by atoms with E-state index in [2.05, 4.69) is 16.0 Å². The Bertz CT molecular complexity index is 959. The lowest BCUT2D eigenvalue weighted by Gasteiger charge is -2.19. The number of nitrogens with zero attached hydrogens (tertiary/aromatic N) is 1. The number of thiophene rings is 1. The summed E-state index contributed by atoms with van der Waals surface area (Å²) in [6, 6.07) is 0. The van der Waals surface area contributed by atoms with E-state index in [0.29, 0.717) is 27.1 Å². The molecule has 1 aliphatic rings. The van der Waals surface area contributed by atoms with Gasteiger partial charge in [0.1, 0.15) is 9.71 Å². The number of aryl methyl sites for hydroxylation is 1. The van der Waals surface area contributed by atoms with Gasteiger partial charge in [-0.15, -0.1) is 11.3 Å². The van der Waals surface area contributed by atoms with Crippen LogP contribution in [0.25, 0.3) is 10.2 Å². The number of H-pyrrole nitrogens is 1. The van der Waals surface area contributed by atoms with E-state index in [4.69, 9.17) is 9.47 Å². The molecule has 0 saturated carbocycles. The maximum absolute atomic E-state index is 12.5. The Hall–Kier alpha value is -2.48. The number of nitrogens with one attached hydrogen (secondary N) is 1. The SMILES string of the molecule is CCOC(=O)c1sc2nc(C(C)OC(=O)C3CC=CCC3)[nH]c(=O)c2c1C. The summed E-state index contributed by atoms with van der Waals surface area (Å²) in [7, 11) is 0. The second-order valence-electron chi connectivity index (χ2n) is 6.47. The van der Waals surface area contributed by atoms with E-state index in [9.17, 15) is 14.4 Å². The van der Waals surface area contributed by atoms with Crippen LogP contribution in [0.5, 0.6) is 0 Å². The van der Waals surface area contributed by atoms with Crippen LogP contribution in [0.1, 0.15) is 60.3 Å². The molecule has 2 heterocycles. The fourth-order valence-corrected chi connectivity index (χ4v) is 4.16. The molecule has 0 aromatic carbocycles. The molecule has 2 unspecified atom stereocenters. The second-order valence-corrected chi connectivity index (χ2v) is 7.47. The Kier molecular flexibility index (Phi) is 5.74. The van der Waals surface area contributed by atoms with Crippen LogP contribution >= 0.6 is 11.3 Å². The van der Waals surface area contributed by atoms with Crippen molar-refractivity contribution in [2.24, 2.45) is 5.92 Å². The molecule has 1 N–H and O–H groups in total. The Labute approximate surface area is 160 Å². The van der Waals surface area contributed by atoms with Gasteiger partial charge >= 0.3 is 11.9 Å². The number of hydrogen-bond donors (Lipinski definition) is 1. The van der Waals surface area contributed by atoms with Crippen molar-refractivity contribution >= 4 is 33.5 Å². The number of carbonyl (C=O) groups excluding carboxylic acids is 2. The van der Waals surface area contributed by atoms with Crippen molar-refractivity contribution in [3.63, 3.8) is 0 Å². The van der Waals surface area contributed by atoms with Crippen LogP contribution in [-0.2, 0) is 14.3 Å². The number of rotatable bonds is 5. The summed E-state index contributed by atoms with van der Waals surface area (Å²) in [6.07, 6.45) is 5.65. The smallest absolute Gasteiger partial charge is 0.348 e. The van der Waals surface area contributed by atoms with E-state index in [1.165, 1.54) is 0 Å². The highest BCUT2D eigenvalue weighted by Crippen LogP contribution is 2.29. The summed E-state index contributed by atoms with van der Waals surface area (Å²) in [5.41, 5.74) is 0.190. The molecule has 0 amide bonds. The minimum Gasteiger partial charge on any atom is -0.462 e. The van der Waals surface area contributed by atoms with Crippen LogP contribution < -0.4 is 5.56 Å². The highest BCUT2D eigenvalue weighted by molar-refractivity contribution is 7.20. The number of esters is 2. The number of ether oxygens (including phenoxy) is 2. The molecule has 0 saturated heterocycles. The Balaban J connectivity index is 1.86. The topological polar surface area (TPSA) is 98.3 Å². The molecule has 0 aliphatic heterocycles. The summed E-state index contributed by atoms with van der Waals surface area (Å²) in [5, 5.41) is 0.364. The zero-order valence-electron chi connectivity index (χ0n) is 15.5. The molecule has 2 aromatic heterocycles. The number of fused-ring (bicyclic) bond motifs is 1. The molecule has 0 fully saturated rings. The van der Waals surface area contributed by atoms with Crippen molar-refractivity contribution in [2.45, 2.75) is 46.1 Å². The molecule has 3 rings (SSSR count). The summed E-state index contributed by atoms with van der Waals surface area (Å²) in [5.74, 6) is -0.649. The Morgan fingerprint density at radius 1 is 1.41 bits per heavy atom. The van der Waals surface area contributed by atoms with Crippen LogP contribution in [0.4, 0.5) is 0 Å². The fourth-order valence-electron chi connectivity index (χ4n) is 3.08. The van der Waals surface area contributed by atoms with Crippen LogP contribution in [0.2, 0.25) is 0 Å². The van der Waals surface area contributed by atoms with E-state index < -0.39 is 12.1 Å². The van der Waals surface area contributed by atoms with Crippen molar-refractivity contribution in [1.29, 1.82) is 0 Å². The van der Waals surface area contributed by atoms with Crippen LogP contribution in [-0.4, -0.2) is 28.5 Å². The predicted molar refractivity (Wildman–Crippen MR) is 102 cm³/mol. The highest BCUT2D eigenvalue weighted by atomic mass is 32.1. The van der Waals surface area contributed by atoms with Crippen molar-refractivity contribution in [2.75, 3.05) is 6.61 Å². The monoisotopic (exact) mass is 390 g/mol. The zero-order valence-corrected chi connectivity index (χ0v) is 16.4. The summed E-state index contributed by atoms with van der Waals surface area (Å²) < 4.78 is 10.5. The number of hydrogen-bond acceptors (Lipinski definition) is 7. The van der Waals surface area contributed by atoms with Crippen LogP contribution in [0.15, 0.2) is 16.9 Å². The molecular weight excluding hydrogens is 368 g/mol. The van der Waals surface area contributed by atoms with E-state index in [-0.39, 0.29) is 29.9 Å². The Morgan fingerprint density at radius 2 is 2.19 bits per heavy atom. The van der Waals surface area contributed by atoms with Gasteiger partial charge in [0, 0.05) is 0 Å². The second kappa shape index (κ2) is 8.04. The minimum atomic E-state index is -0.686. The normalized spacial score (nSPS) is 17.7. The molecule has 2 aromatic rings. The molecule has 2 atom stereocenters. The molecule has 1 aliphatic carbocycles. The van der Waals surface area contributed by atoms with Crippen molar-refractivity contribution in [3.05, 3.63) is 38.8 Å². The number of allylic oxidation sites excluding steroid dienone is 2. The van der Waals surface area contributed by atoms with Gasteiger partial charge in [-0.3, -0.25) is 9.59 Å². The molecule has 27 heavy (non-hydrogen) atoms. The molecule has 0 radical (unpaired) electrons. The first kappa shape index (κ1) is 19.3. The minimum absolute atomic E-state index is 0.160. The number of aromatic amines is 1. The molecule has 144 valence electrons. The fraction of sp³-hybridized carbons (Fsp3) is 0.474. The first-order chi connectivity index (χ1) is 12.9. The quantitative estimate of drug-likeness (QED) is 0.620. The van der Waals surface area contributed by atoms with Crippen LogP contribution in [0.3, 0.4) is 0 Å². The van der Waals surface area contributed by atoms with Gasteiger partial charge in [0.05, 0.1) is 17.9 Å². The first-order valence-electron chi connectivity index (χ1n) is 8.98. The van der Waals surface area contributed by atoms with Gasteiger partial charge in [0.25, 0.3) is 5.56 Å². The third-order valence-corrected chi connectivity index (χ3v) is 5.73. The van der Waals surface area contributed by atoms with Crippen LogP contribution in [0, 0.1) is 12.8 Å². The molecule has 0 bridgehead atoms. The van der Waals surface area contributed by atoms with Gasteiger partial charge in [0.2, 0.25) is 0 Å². The first-order valence-corrected chi connectivity index (χ1v) is 9.80. The maximum atomic E-state index is 12.5.